The molecule has 0 aliphatic carbocycles. The molecule has 2 rings (SSSR count). The molecule has 0 aliphatic heterocycles. The summed E-state index contributed by atoms with van der Waals surface area (Å²) in [6, 6.07) is 9.07. The van der Waals surface area contributed by atoms with E-state index in [-0.39, 0.29) is 5.78 Å². The second-order valence-corrected chi connectivity index (χ2v) is 4.38. The molecule has 0 unspecified atom stereocenters. The lowest BCUT2D eigenvalue weighted by Crippen LogP contribution is -2.00. The van der Waals surface area contributed by atoms with Crippen LogP contribution in [0.4, 0.5) is 0 Å². The molecule has 0 spiro atoms. The Bertz CT molecular complexity index is 467. The second kappa shape index (κ2) is 4.55. The van der Waals surface area contributed by atoms with E-state index >= 15 is 0 Å². The van der Waals surface area contributed by atoms with Gasteiger partial charge >= 0.3 is 0 Å². The van der Waals surface area contributed by atoms with Crippen molar-refractivity contribution >= 4 is 28.9 Å². The lowest BCUT2D eigenvalue weighted by atomic mass is 10.1. The molecule has 0 N–H and O–H groups in total. The Hall–Kier alpha value is -1.19. The highest BCUT2D eigenvalue weighted by Gasteiger charge is 2.08. The van der Waals surface area contributed by atoms with Gasteiger partial charge in [0.15, 0.2) is 5.78 Å². The number of Topliss-reactive ketones (excluding diaryl/α,β-unsaturated/α-hetero) is 1. The molecule has 2 nitrogen and oxygen atoms in total. The van der Waals surface area contributed by atoms with Crippen LogP contribution in [0, 0.1) is 0 Å². The lowest BCUT2D eigenvalue weighted by molar-refractivity contribution is 0.0997. The maximum atomic E-state index is 11.7. The zero-order valence-corrected chi connectivity index (χ0v) is 9.39. The molecule has 76 valence electrons. The predicted molar refractivity (Wildman–Crippen MR) is 61.6 cm³/mol. The maximum absolute atomic E-state index is 11.7. The molecule has 0 atom stereocenters. The first-order chi connectivity index (χ1) is 7.25. The topological polar surface area (TPSA) is 30.0 Å². The average Bonchev–Trinajstić information content (AvgIpc) is 2.70. The summed E-state index contributed by atoms with van der Waals surface area (Å²) < 4.78 is 3.90. The highest BCUT2D eigenvalue weighted by atomic mass is 35.5. The first kappa shape index (κ1) is 10.3. The molecule has 4 heteroatoms. The number of nitrogens with zero attached hydrogens (tertiary/aromatic N) is 1. The summed E-state index contributed by atoms with van der Waals surface area (Å²) in [5.74, 6) is 0.0831. The van der Waals surface area contributed by atoms with Gasteiger partial charge < -0.3 is 0 Å². The van der Waals surface area contributed by atoms with Crippen LogP contribution in [-0.4, -0.2) is 10.2 Å². The fourth-order valence-electron chi connectivity index (χ4n) is 1.28. The van der Waals surface area contributed by atoms with Crippen LogP contribution in [0.15, 0.2) is 36.5 Å². The van der Waals surface area contributed by atoms with Crippen LogP contribution in [0.3, 0.4) is 0 Å². The molecule has 0 fully saturated rings. The zero-order chi connectivity index (χ0) is 10.7. The van der Waals surface area contributed by atoms with Crippen LogP contribution in [0.5, 0.6) is 0 Å². The third-order valence-corrected chi connectivity index (χ3v) is 2.99. The van der Waals surface area contributed by atoms with E-state index in [0.29, 0.717) is 16.3 Å². The minimum atomic E-state index is 0.0831. The molecule has 0 aliphatic rings. The Labute approximate surface area is 96.7 Å². The second-order valence-electron chi connectivity index (χ2n) is 3.11. The van der Waals surface area contributed by atoms with Crippen molar-refractivity contribution in [3.05, 3.63) is 52.0 Å². The van der Waals surface area contributed by atoms with Gasteiger partial charge in [0.2, 0.25) is 0 Å². The Morgan fingerprint density at radius 1 is 1.40 bits per heavy atom. The highest BCUT2D eigenvalue weighted by Crippen LogP contribution is 2.14. The molecule has 0 bridgehead atoms. The van der Waals surface area contributed by atoms with Gasteiger partial charge in [-0.1, -0.05) is 23.7 Å². The zero-order valence-electron chi connectivity index (χ0n) is 7.81. The van der Waals surface area contributed by atoms with Crippen molar-refractivity contribution in [2.45, 2.75) is 6.42 Å². The van der Waals surface area contributed by atoms with E-state index < -0.39 is 0 Å². The molecule has 0 saturated carbocycles. The minimum absolute atomic E-state index is 0.0831. The molecule has 0 saturated heterocycles. The number of ketones is 1. The van der Waals surface area contributed by atoms with E-state index in [1.807, 2.05) is 12.1 Å². The summed E-state index contributed by atoms with van der Waals surface area (Å²) in [6.07, 6.45) is 2.01. The first-order valence-corrected chi connectivity index (χ1v) is 5.59. The van der Waals surface area contributed by atoms with Crippen molar-refractivity contribution in [3.8, 4) is 0 Å². The van der Waals surface area contributed by atoms with Crippen LogP contribution in [0.2, 0.25) is 5.02 Å². The number of aromatic nitrogens is 1. The monoisotopic (exact) mass is 237 g/mol. The quantitative estimate of drug-likeness (QED) is 0.768. The number of hydrogen-bond acceptors (Lipinski definition) is 3. The van der Waals surface area contributed by atoms with Gasteiger partial charge in [0.25, 0.3) is 0 Å². The number of halogens is 1. The van der Waals surface area contributed by atoms with E-state index in [9.17, 15) is 4.79 Å². The fourth-order valence-corrected chi connectivity index (χ4v) is 2.02. The van der Waals surface area contributed by atoms with Gasteiger partial charge in [-0.05, 0) is 35.3 Å². The summed E-state index contributed by atoms with van der Waals surface area (Å²) in [5.41, 5.74) is 0.931. The van der Waals surface area contributed by atoms with Crippen LogP contribution in [0.1, 0.15) is 15.2 Å². The number of rotatable bonds is 3. The smallest absolute Gasteiger partial charge is 0.178 e. The molecule has 1 heterocycles. The highest BCUT2D eigenvalue weighted by molar-refractivity contribution is 7.08. The van der Waals surface area contributed by atoms with Gasteiger partial charge in [0, 0.05) is 17.6 Å². The third kappa shape index (κ3) is 2.64. The van der Waals surface area contributed by atoms with E-state index in [4.69, 9.17) is 11.6 Å². The summed E-state index contributed by atoms with van der Waals surface area (Å²) in [6.45, 7) is 0. The van der Waals surface area contributed by atoms with Gasteiger partial charge in [0.1, 0.15) is 0 Å². The van der Waals surface area contributed by atoms with E-state index in [0.717, 1.165) is 5.56 Å². The maximum Gasteiger partial charge on any atom is 0.178 e. The van der Waals surface area contributed by atoms with Gasteiger partial charge in [-0.25, -0.2) is 4.37 Å². The van der Waals surface area contributed by atoms with E-state index in [1.165, 1.54) is 11.5 Å². The van der Waals surface area contributed by atoms with Crippen molar-refractivity contribution in [3.63, 3.8) is 0 Å². The Morgan fingerprint density at radius 3 is 2.93 bits per heavy atom. The molecule has 2 aromatic rings. The third-order valence-electron chi connectivity index (χ3n) is 1.97. The summed E-state index contributed by atoms with van der Waals surface area (Å²) in [5, 5.41) is 0.657. The normalized spacial score (nSPS) is 10.2. The molecular weight excluding hydrogens is 230 g/mol. The molecule has 0 amide bonds. The van der Waals surface area contributed by atoms with Crippen molar-refractivity contribution in [1.82, 2.24) is 4.37 Å². The molecule has 1 aromatic heterocycles. The lowest BCUT2D eigenvalue weighted by Gasteiger charge is -1.99. The van der Waals surface area contributed by atoms with E-state index in [1.54, 1.807) is 24.4 Å². The summed E-state index contributed by atoms with van der Waals surface area (Å²) in [4.78, 5) is 12.4. The van der Waals surface area contributed by atoms with Gasteiger partial charge in [0.05, 0.1) is 4.88 Å². The molecule has 15 heavy (non-hydrogen) atoms. The molecule has 1 aromatic carbocycles. The van der Waals surface area contributed by atoms with E-state index in [2.05, 4.69) is 4.37 Å². The van der Waals surface area contributed by atoms with Crippen molar-refractivity contribution in [2.75, 3.05) is 0 Å². The van der Waals surface area contributed by atoms with Gasteiger partial charge in [-0.15, -0.1) is 0 Å². The van der Waals surface area contributed by atoms with Crippen LogP contribution >= 0.6 is 23.1 Å². The van der Waals surface area contributed by atoms with Crippen LogP contribution in [-0.2, 0) is 6.42 Å². The standard InChI is InChI=1S/C11H8ClNOS/c12-9-3-1-2-8(6-9)7-10(14)11-4-5-13-15-11/h1-6H,7H2. The minimum Gasteiger partial charge on any atom is -0.293 e. The molecule has 0 radical (unpaired) electrons. The summed E-state index contributed by atoms with van der Waals surface area (Å²) in [7, 11) is 0. The van der Waals surface area contributed by atoms with Crippen molar-refractivity contribution < 1.29 is 4.79 Å². The Morgan fingerprint density at radius 2 is 2.27 bits per heavy atom. The van der Waals surface area contributed by atoms with Crippen molar-refractivity contribution in [1.29, 1.82) is 0 Å². The summed E-state index contributed by atoms with van der Waals surface area (Å²) >= 11 is 7.05. The largest absolute Gasteiger partial charge is 0.293 e. The van der Waals surface area contributed by atoms with Gasteiger partial charge in [-0.3, -0.25) is 4.79 Å². The first-order valence-electron chi connectivity index (χ1n) is 4.44. The Kier molecular flexibility index (Phi) is 3.14. The average molecular weight is 238 g/mol. The number of carbonyl (C=O) groups excluding carboxylic acids is 1. The molecular formula is C11H8ClNOS. The number of carbonyl (C=O) groups is 1. The Balaban J connectivity index is 2.13. The number of hydrogen-bond donors (Lipinski definition) is 0. The van der Waals surface area contributed by atoms with Crippen LogP contribution < -0.4 is 0 Å². The predicted octanol–water partition coefficient (Wildman–Crippen LogP) is 3.22. The van der Waals surface area contributed by atoms with Crippen molar-refractivity contribution in [2.24, 2.45) is 0 Å². The number of benzene rings is 1. The van der Waals surface area contributed by atoms with Gasteiger partial charge in [-0.2, -0.15) is 0 Å². The fraction of sp³-hybridized carbons (Fsp3) is 0.0909. The SMILES string of the molecule is O=C(Cc1cccc(Cl)c1)c1ccns1. The van der Waals surface area contributed by atoms with Crippen LogP contribution in [0.25, 0.3) is 0 Å².